The van der Waals surface area contributed by atoms with Gasteiger partial charge in [0.1, 0.15) is 0 Å². The molecule has 120 valence electrons. The van der Waals surface area contributed by atoms with Crippen LogP contribution in [0.2, 0.25) is 5.02 Å². The van der Waals surface area contributed by atoms with Gasteiger partial charge in [-0.3, -0.25) is 9.69 Å². The van der Waals surface area contributed by atoms with Crippen LogP contribution >= 0.6 is 11.6 Å². The first-order chi connectivity index (χ1) is 10.7. The fourth-order valence-corrected chi connectivity index (χ4v) is 3.48. The molecule has 2 saturated heterocycles. The highest BCUT2D eigenvalue weighted by Gasteiger charge is 2.26. The average molecular weight is 323 g/mol. The Morgan fingerprint density at radius 1 is 1.23 bits per heavy atom. The summed E-state index contributed by atoms with van der Waals surface area (Å²) in [6, 6.07) is 8.13. The number of benzene rings is 1. The lowest BCUT2D eigenvalue weighted by Crippen LogP contribution is -2.40. The first kappa shape index (κ1) is 15.8. The summed E-state index contributed by atoms with van der Waals surface area (Å²) in [5.74, 6) is 0.178. The van der Waals surface area contributed by atoms with Crippen molar-refractivity contribution in [2.45, 2.75) is 25.3 Å². The molecule has 1 unspecified atom stereocenters. The van der Waals surface area contributed by atoms with E-state index in [-0.39, 0.29) is 5.91 Å². The minimum atomic E-state index is 0.178. The molecule has 0 aromatic heterocycles. The molecule has 4 nitrogen and oxygen atoms in total. The number of carbonyl (C=O) groups is 1. The summed E-state index contributed by atoms with van der Waals surface area (Å²) >= 11 is 6.16. The molecule has 0 aliphatic carbocycles. The molecule has 0 bridgehead atoms. The Morgan fingerprint density at radius 2 is 2.09 bits per heavy atom. The van der Waals surface area contributed by atoms with Crippen molar-refractivity contribution in [3.8, 4) is 0 Å². The van der Waals surface area contributed by atoms with Crippen LogP contribution < -0.4 is 0 Å². The van der Waals surface area contributed by atoms with E-state index < -0.39 is 0 Å². The molecule has 2 aliphatic heterocycles. The van der Waals surface area contributed by atoms with Gasteiger partial charge in [0, 0.05) is 43.9 Å². The minimum Gasteiger partial charge on any atom is -0.380 e. The van der Waals surface area contributed by atoms with Crippen molar-refractivity contribution >= 4 is 17.5 Å². The van der Waals surface area contributed by atoms with Crippen molar-refractivity contribution in [2.75, 3.05) is 39.4 Å². The number of carbonyl (C=O) groups excluding carboxylic acids is 1. The molecule has 0 saturated carbocycles. The van der Waals surface area contributed by atoms with E-state index in [0.29, 0.717) is 17.5 Å². The molecule has 0 N–H and O–H groups in total. The molecule has 2 fully saturated rings. The molecule has 5 heteroatoms. The van der Waals surface area contributed by atoms with E-state index in [1.54, 1.807) is 0 Å². The number of ether oxygens (including phenoxy) is 1. The third-order valence-corrected chi connectivity index (χ3v) is 4.97. The summed E-state index contributed by atoms with van der Waals surface area (Å²) in [4.78, 5) is 17.0. The van der Waals surface area contributed by atoms with Crippen molar-refractivity contribution in [1.82, 2.24) is 9.80 Å². The lowest BCUT2D eigenvalue weighted by atomic mass is 10.1. The quantitative estimate of drug-likeness (QED) is 0.855. The van der Waals surface area contributed by atoms with E-state index in [0.717, 1.165) is 57.8 Å². The van der Waals surface area contributed by atoms with Gasteiger partial charge in [0.2, 0.25) is 5.91 Å². The summed E-state index contributed by atoms with van der Waals surface area (Å²) in [6.07, 6.45) is 2.55. The molecule has 2 aliphatic rings. The van der Waals surface area contributed by atoms with Gasteiger partial charge in [-0.2, -0.15) is 0 Å². The number of halogens is 1. The molecule has 1 aromatic carbocycles. The van der Waals surface area contributed by atoms with Crippen molar-refractivity contribution in [2.24, 2.45) is 0 Å². The first-order valence-electron chi connectivity index (χ1n) is 8.07. The van der Waals surface area contributed by atoms with E-state index in [4.69, 9.17) is 16.3 Å². The molecule has 0 radical (unpaired) electrons. The van der Waals surface area contributed by atoms with Gasteiger partial charge < -0.3 is 9.64 Å². The molecule has 0 spiro atoms. The highest BCUT2D eigenvalue weighted by atomic mass is 35.5. The second-order valence-electron chi connectivity index (χ2n) is 6.06. The molecule has 2 heterocycles. The van der Waals surface area contributed by atoms with Crippen molar-refractivity contribution in [3.05, 3.63) is 34.9 Å². The molecular formula is C17H23ClN2O2. The van der Waals surface area contributed by atoms with Crippen molar-refractivity contribution in [1.29, 1.82) is 0 Å². The highest BCUT2D eigenvalue weighted by Crippen LogP contribution is 2.18. The second kappa shape index (κ2) is 7.44. The lowest BCUT2D eigenvalue weighted by molar-refractivity contribution is -0.130. The Kier molecular flexibility index (Phi) is 5.34. The maximum atomic E-state index is 12.5. The lowest BCUT2D eigenvalue weighted by Gasteiger charge is -2.26. The van der Waals surface area contributed by atoms with Crippen LogP contribution in [0.1, 0.15) is 18.4 Å². The van der Waals surface area contributed by atoms with E-state index >= 15 is 0 Å². The smallest absolute Gasteiger partial charge is 0.227 e. The Labute approximate surface area is 137 Å². The molecular weight excluding hydrogens is 300 g/mol. The predicted molar refractivity (Wildman–Crippen MR) is 87.2 cm³/mol. The maximum absolute atomic E-state index is 12.5. The van der Waals surface area contributed by atoms with Crippen molar-refractivity contribution < 1.29 is 9.53 Å². The van der Waals surface area contributed by atoms with E-state index in [9.17, 15) is 4.79 Å². The van der Waals surface area contributed by atoms with E-state index in [1.807, 2.05) is 29.2 Å². The maximum Gasteiger partial charge on any atom is 0.227 e. The summed E-state index contributed by atoms with van der Waals surface area (Å²) in [5, 5.41) is 0.676. The zero-order valence-electron chi connectivity index (χ0n) is 12.8. The predicted octanol–water partition coefficient (Wildman–Crippen LogP) is 2.21. The zero-order chi connectivity index (χ0) is 15.4. The number of nitrogens with zero attached hydrogens (tertiary/aromatic N) is 2. The van der Waals surface area contributed by atoms with Crippen LogP contribution in [0.3, 0.4) is 0 Å². The van der Waals surface area contributed by atoms with Gasteiger partial charge in [0.15, 0.2) is 0 Å². The fourth-order valence-electron chi connectivity index (χ4n) is 3.28. The molecule has 1 atom stereocenters. The summed E-state index contributed by atoms with van der Waals surface area (Å²) in [5.41, 5.74) is 0.916. The normalized spacial score (nSPS) is 23.5. The SMILES string of the molecule is O=C(Cc1ccccc1Cl)N1CCCN(C2CCOC2)CC1. The Balaban J connectivity index is 1.56. The van der Waals surface area contributed by atoms with Crippen LogP contribution in [0.15, 0.2) is 24.3 Å². The third kappa shape index (κ3) is 3.80. The van der Waals surface area contributed by atoms with Crippen LogP contribution in [0.25, 0.3) is 0 Å². The van der Waals surface area contributed by atoms with Gasteiger partial charge in [-0.25, -0.2) is 0 Å². The van der Waals surface area contributed by atoms with Crippen molar-refractivity contribution in [3.63, 3.8) is 0 Å². The van der Waals surface area contributed by atoms with Gasteiger partial charge in [-0.05, 0) is 24.5 Å². The topological polar surface area (TPSA) is 32.8 Å². The zero-order valence-corrected chi connectivity index (χ0v) is 13.6. The van der Waals surface area contributed by atoms with Crippen LogP contribution in [-0.4, -0.2) is 61.1 Å². The minimum absolute atomic E-state index is 0.178. The summed E-state index contributed by atoms with van der Waals surface area (Å²) < 4.78 is 5.48. The third-order valence-electron chi connectivity index (χ3n) is 4.60. The Morgan fingerprint density at radius 3 is 2.86 bits per heavy atom. The highest BCUT2D eigenvalue weighted by molar-refractivity contribution is 6.31. The number of amides is 1. The van der Waals surface area contributed by atoms with Gasteiger partial charge in [-0.1, -0.05) is 29.8 Å². The number of hydrogen-bond acceptors (Lipinski definition) is 3. The van der Waals surface area contributed by atoms with Crippen LogP contribution in [0.5, 0.6) is 0 Å². The van der Waals surface area contributed by atoms with Crippen LogP contribution in [-0.2, 0) is 16.0 Å². The Bertz CT molecular complexity index is 517. The van der Waals surface area contributed by atoms with E-state index in [2.05, 4.69) is 4.90 Å². The van der Waals surface area contributed by atoms with Gasteiger partial charge >= 0.3 is 0 Å². The van der Waals surface area contributed by atoms with Gasteiger partial charge in [0.05, 0.1) is 13.0 Å². The largest absolute Gasteiger partial charge is 0.380 e. The van der Waals surface area contributed by atoms with Crippen LogP contribution in [0, 0.1) is 0 Å². The van der Waals surface area contributed by atoms with Gasteiger partial charge in [0.25, 0.3) is 0 Å². The number of hydrogen-bond donors (Lipinski definition) is 0. The summed E-state index contributed by atoms with van der Waals surface area (Å²) in [6.45, 7) is 5.36. The molecule has 1 aromatic rings. The Hall–Kier alpha value is -1.10. The molecule has 3 rings (SSSR count). The summed E-state index contributed by atoms with van der Waals surface area (Å²) in [7, 11) is 0. The van der Waals surface area contributed by atoms with E-state index in [1.165, 1.54) is 0 Å². The number of rotatable bonds is 3. The van der Waals surface area contributed by atoms with Gasteiger partial charge in [-0.15, -0.1) is 0 Å². The average Bonchev–Trinajstić information content (AvgIpc) is 2.94. The first-order valence-corrected chi connectivity index (χ1v) is 8.45. The van der Waals surface area contributed by atoms with Crippen LogP contribution in [0.4, 0.5) is 0 Å². The fraction of sp³-hybridized carbons (Fsp3) is 0.588. The second-order valence-corrected chi connectivity index (χ2v) is 6.46. The molecule has 1 amide bonds. The monoisotopic (exact) mass is 322 g/mol. The molecule has 22 heavy (non-hydrogen) atoms. The standard InChI is InChI=1S/C17H23ClN2O2/c18-16-5-2-1-4-14(16)12-17(21)20-8-3-7-19(9-10-20)15-6-11-22-13-15/h1-2,4-5,15H,3,6-13H2.